The summed E-state index contributed by atoms with van der Waals surface area (Å²) in [6, 6.07) is 40.4. The van der Waals surface area contributed by atoms with E-state index in [4.69, 9.17) is 15.5 Å². The zero-order valence-corrected chi connectivity index (χ0v) is 58.5. The van der Waals surface area contributed by atoms with Crippen LogP contribution in [0.1, 0.15) is 170 Å². The van der Waals surface area contributed by atoms with Gasteiger partial charge in [0.25, 0.3) is 0 Å². The topological polar surface area (TPSA) is 63.1 Å². The predicted octanol–water partition coefficient (Wildman–Crippen LogP) is 23.5. The molecule has 2 aromatic heterocycles. The number of carbonyl (C=O) groups is 1. The summed E-state index contributed by atoms with van der Waals surface area (Å²) in [5.74, 6) is 0.547. The number of aryl methyl sites for hydroxylation is 1. The summed E-state index contributed by atoms with van der Waals surface area (Å²) in [6.45, 7) is 37.5. The fraction of sp³-hybridized carbons (Fsp3) is 0.388. The van der Waals surface area contributed by atoms with Crippen LogP contribution in [0.4, 0.5) is 0 Å². The van der Waals surface area contributed by atoms with Crippen molar-refractivity contribution in [2.24, 2.45) is 33.5 Å². The third kappa shape index (κ3) is 14.1. The number of pyridine rings is 2. The van der Waals surface area contributed by atoms with Gasteiger partial charge in [-0.15, -0.1) is 58.6 Å². The summed E-state index contributed by atoms with van der Waals surface area (Å²) in [5, 5.41) is 22.5. The molecule has 8 aromatic carbocycles. The standard InChI is InChI=1S/C34H34NS.C33H32NS.C13H24O2.Ir/c1-20-11-12-23-22(15-20)16-27-31-30-25(13-14-35-31)24-10-8-9-21(18-33(2,3)4)26(24)17-29(30)36-32(27)28(23)19-34(5,6)7;1-32(2,3)18-21-11-9-13-23-24-14-15-34-30-26-16-20-10-7-8-12-22(20)27(19-33(4,5)6)31(26)35-28(29(24)30)17-25(21)23;1-5-10(6-2)12(14)9-13(15)11(7-3)8-4;/h8-15,17H,18-19H2,1-7H3;7-15,17H,18-19H2,1-6H3;9-11,14H,5-8H2,1-4H3;/q2*-1;;/b;;12-9-;/i13D,14D;14D,15D;;. The molecule has 12 rings (SSSR count). The molecule has 10 aromatic rings. The number of benzene rings is 8. The maximum Gasteiger partial charge on any atom is 0.162 e. The fourth-order valence-corrected chi connectivity index (χ4v) is 15.3. The Labute approximate surface area is 547 Å². The molecule has 0 saturated carbocycles. The minimum Gasteiger partial charge on any atom is -0.512 e. The van der Waals surface area contributed by atoms with Gasteiger partial charge in [0.1, 0.15) is 0 Å². The van der Waals surface area contributed by atoms with Crippen molar-refractivity contribution < 1.29 is 35.5 Å². The first-order valence-electron chi connectivity index (χ1n) is 33.3. The van der Waals surface area contributed by atoms with Gasteiger partial charge in [0, 0.05) is 71.5 Å². The summed E-state index contributed by atoms with van der Waals surface area (Å²) >= 11 is 3.60. The van der Waals surface area contributed by atoms with Gasteiger partial charge >= 0.3 is 0 Å². The zero-order chi connectivity index (χ0) is 65.3. The van der Waals surface area contributed by atoms with Crippen LogP contribution in [-0.2, 0) is 50.6 Å². The molecule has 0 atom stereocenters. The van der Waals surface area contributed by atoms with E-state index in [1.54, 1.807) is 23.5 Å². The second-order valence-corrected chi connectivity index (χ2v) is 31.1. The molecule has 0 spiro atoms. The van der Waals surface area contributed by atoms with Crippen molar-refractivity contribution in [1.82, 2.24) is 9.97 Å². The molecule has 4 nitrogen and oxygen atoms in total. The van der Waals surface area contributed by atoms with Crippen LogP contribution >= 0.6 is 23.5 Å². The maximum atomic E-state index is 11.7. The van der Waals surface area contributed by atoms with Gasteiger partial charge in [0.15, 0.2) is 5.78 Å². The third-order valence-electron chi connectivity index (χ3n) is 16.8. The molecule has 2 aliphatic heterocycles. The van der Waals surface area contributed by atoms with Crippen molar-refractivity contribution in [2.45, 2.75) is 189 Å². The monoisotopic (exact) mass is 1370 g/mol. The van der Waals surface area contributed by atoms with Crippen molar-refractivity contribution >= 4 is 93.9 Å². The second-order valence-electron chi connectivity index (χ2n) is 29.0. The Balaban J connectivity index is 0.000000176. The van der Waals surface area contributed by atoms with Crippen LogP contribution in [0.2, 0.25) is 0 Å². The predicted molar refractivity (Wildman–Crippen MR) is 372 cm³/mol. The van der Waals surface area contributed by atoms with Gasteiger partial charge in [-0.1, -0.05) is 216 Å². The smallest absolute Gasteiger partial charge is 0.162 e. The molecule has 4 heterocycles. The molecular weight excluding hydrogens is 1280 g/mol. The Morgan fingerprint density at radius 1 is 0.529 bits per heavy atom. The summed E-state index contributed by atoms with van der Waals surface area (Å²) in [6.07, 6.45) is 8.72. The number of hydrogen-bond acceptors (Lipinski definition) is 6. The molecule has 1 N–H and O–H groups in total. The number of fused-ring (bicyclic) bond motifs is 10. The van der Waals surface area contributed by atoms with Gasteiger partial charge in [-0.2, -0.15) is 0 Å². The van der Waals surface area contributed by atoms with Crippen LogP contribution in [0.15, 0.2) is 147 Å². The van der Waals surface area contributed by atoms with Gasteiger partial charge in [-0.25, -0.2) is 0 Å². The third-order valence-corrected chi connectivity index (χ3v) is 19.1. The number of aliphatic hydroxyl groups is 1. The summed E-state index contributed by atoms with van der Waals surface area (Å²) in [4.78, 5) is 25.9. The average molecular weight is 1370 g/mol. The number of nitrogens with zero attached hydrogens (tertiary/aromatic N) is 2. The first-order chi connectivity index (χ1) is 42.3. The van der Waals surface area contributed by atoms with E-state index in [-0.39, 0.29) is 89.6 Å². The summed E-state index contributed by atoms with van der Waals surface area (Å²) < 4.78 is 35.3. The van der Waals surface area contributed by atoms with Crippen molar-refractivity contribution in [2.75, 3.05) is 0 Å². The molecular formula is C80H90IrN2O2S2-2. The molecule has 2 aliphatic rings. The van der Waals surface area contributed by atoms with Gasteiger partial charge < -0.3 is 5.11 Å². The first-order valence-corrected chi connectivity index (χ1v) is 32.9. The average Bonchev–Trinajstić information content (AvgIpc) is 0.718. The number of ketones is 1. The number of allylic oxidation sites excluding steroid dienone is 2. The molecule has 0 aliphatic carbocycles. The molecule has 7 heteroatoms. The molecule has 87 heavy (non-hydrogen) atoms. The molecule has 0 fully saturated rings. The minimum absolute atomic E-state index is 0. The Hall–Kier alpha value is -5.82. The van der Waals surface area contributed by atoms with Crippen LogP contribution in [-0.4, -0.2) is 20.9 Å². The molecule has 0 amide bonds. The van der Waals surface area contributed by atoms with E-state index in [1.165, 1.54) is 65.2 Å². The summed E-state index contributed by atoms with van der Waals surface area (Å²) in [5.41, 5.74) is 10.5. The van der Waals surface area contributed by atoms with E-state index in [9.17, 15) is 9.90 Å². The van der Waals surface area contributed by atoms with Crippen LogP contribution in [0.25, 0.3) is 87.1 Å². The number of rotatable bonds is 11. The molecule has 0 saturated heterocycles. The summed E-state index contributed by atoms with van der Waals surface area (Å²) in [7, 11) is 0. The van der Waals surface area contributed by atoms with Crippen molar-refractivity contribution in [3.8, 4) is 22.5 Å². The Morgan fingerprint density at radius 2 is 0.954 bits per heavy atom. The van der Waals surface area contributed by atoms with Crippen LogP contribution < -0.4 is 0 Å². The van der Waals surface area contributed by atoms with Crippen molar-refractivity contribution in [3.63, 3.8) is 0 Å². The quantitative estimate of drug-likeness (QED) is 0.0603. The number of aromatic nitrogens is 2. The van der Waals surface area contributed by atoms with E-state index in [2.05, 4.69) is 193 Å². The molecule has 455 valence electrons. The van der Waals surface area contributed by atoms with Gasteiger partial charge in [0.05, 0.1) is 11.2 Å². The maximum absolute atomic E-state index is 11.7. The molecule has 0 bridgehead atoms. The fourth-order valence-electron chi connectivity index (χ4n) is 12.8. The van der Waals surface area contributed by atoms with E-state index >= 15 is 0 Å². The Bertz CT molecular complexity index is 4520. The Kier molecular flexibility index (Phi) is 17.9. The van der Waals surface area contributed by atoms with E-state index in [1.807, 2.05) is 27.7 Å². The van der Waals surface area contributed by atoms with E-state index < -0.39 is 0 Å². The molecule has 0 unspecified atom stereocenters. The zero-order valence-electron chi connectivity index (χ0n) is 58.4. The second kappa shape index (κ2) is 25.9. The van der Waals surface area contributed by atoms with E-state index in [0.29, 0.717) is 0 Å². The number of hydrogen-bond donors (Lipinski definition) is 1. The Morgan fingerprint density at radius 3 is 1.40 bits per heavy atom. The number of carbonyl (C=O) groups excluding carboxylic acids is 1. The minimum atomic E-state index is 0. The van der Waals surface area contributed by atoms with E-state index in [0.717, 1.165) is 127 Å². The SMILES string of the molecule is CCC(CC)C(=O)/C=C(\O)C(CC)CC.[2H]c1nc2c3c(cc4c(CC(C)(C)C)cccc4c3c1[2H])Sc1c-2[c-]c2cc(C)ccc2c1CC(C)(C)C.[2H]c1nc2c3c(cc4c(CC(C)(C)C)cccc4c3c1[2H])Sc1c-2[c-]c2ccccc2c1CC(C)(C)C.[Ir]. The largest absolute Gasteiger partial charge is 0.512 e. The normalized spacial score (nSPS) is 13.9. The van der Waals surface area contributed by atoms with Crippen LogP contribution in [0, 0.1) is 52.6 Å². The first kappa shape index (κ1) is 60.1. The van der Waals surface area contributed by atoms with Gasteiger partial charge in [0.2, 0.25) is 0 Å². The van der Waals surface area contributed by atoms with Gasteiger partial charge in [-0.3, -0.25) is 14.8 Å². The number of aliphatic hydroxyl groups excluding tert-OH is 1. The van der Waals surface area contributed by atoms with Crippen LogP contribution in [0.3, 0.4) is 0 Å². The van der Waals surface area contributed by atoms with Crippen LogP contribution in [0.5, 0.6) is 0 Å². The molecule has 1 radical (unpaired) electrons. The van der Waals surface area contributed by atoms with Gasteiger partial charge in [-0.05, 0) is 168 Å². The van der Waals surface area contributed by atoms with Crippen molar-refractivity contribution in [1.29, 1.82) is 0 Å². The van der Waals surface area contributed by atoms with Crippen molar-refractivity contribution in [3.05, 3.63) is 167 Å².